The normalized spacial score (nSPS) is 17.5. The fraction of sp³-hybridized carbons (Fsp3) is 0.462. The van der Waals surface area contributed by atoms with Crippen molar-refractivity contribution in [3.8, 4) is 0 Å². The molecule has 1 aliphatic rings. The van der Waals surface area contributed by atoms with E-state index in [1.165, 1.54) is 23.8 Å². The van der Waals surface area contributed by atoms with E-state index in [4.69, 9.17) is 4.74 Å². The number of ether oxygens (including phenoxy) is 1. The van der Waals surface area contributed by atoms with Crippen molar-refractivity contribution in [2.75, 3.05) is 7.11 Å². The van der Waals surface area contributed by atoms with Gasteiger partial charge < -0.3 is 4.74 Å². The first-order valence-electron chi connectivity index (χ1n) is 5.10. The lowest BCUT2D eigenvalue weighted by molar-refractivity contribution is -0.136. The summed E-state index contributed by atoms with van der Waals surface area (Å²) >= 11 is 0. The molecule has 0 heterocycles. The zero-order chi connectivity index (χ0) is 11.6. The van der Waals surface area contributed by atoms with Crippen LogP contribution in [0.15, 0.2) is 33.9 Å². The third kappa shape index (κ3) is 2.38. The van der Waals surface area contributed by atoms with Gasteiger partial charge in [-0.15, -0.1) is 0 Å². The monoisotopic (exact) mass is 206 g/mol. The molecule has 0 saturated carbocycles. The zero-order valence-corrected chi connectivity index (χ0v) is 10.1. The van der Waals surface area contributed by atoms with E-state index in [-0.39, 0.29) is 5.97 Å². The minimum absolute atomic E-state index is 0.226. The molecule has 0 amide bonds. The van der Waals surface area contributed by atoms with Crippen molar-refractivity contribution in [3.63, 3.8) is 0 Å². The predicted octanol–water partition coefficient (Wildman–Crippen LogP) is 3.16. The fourth-order valence-corrected chi connectivity index (χ4v) is 1.72. The molecule has 0 N–H and O–H groups in total. The molecule has 0 bridgehead atoms. The third-order valence-corrected chi connectivity index (χ3v) is 3.09. The molecule has 2 nitrogen and oxygen atoms in total. The molecule has 1 rings (SSSR count). The molecular formula is C13H18O2. The molecule has 15 heavy (non-hydrogen) atoms. The van der Waals surface area contributed by atoms with E-state index in [9.17, 15) is 4.79 Å². The van der Waals surface area contributed by atoms with Crippen LogP contribution >= 0.6 is 0 Å². The number of allylic oxidation sites excluding steroid dienone is 5. The third-order valence-electron chi connectivity index (χ3n) is 3.09. The number of carbonyl (C=O) groups excluding carboxylic acids is 1. The Labute approximate surface area is 91.3 Å². The van der Waals surface area contributed by atoms with E-state index in [1.54, 1.807) is 0 Å². The van der Waals surface area contributed by atoms with Crippen LogP contribution in [0.5, 0.6) is 0 Å². The van der Waals surface area contributed by atoms with Gasteiger partial charge in [-0.25, -0.2) is 4.79 Å². The molecule has 82 valence electrons. The maximum Gasteiger partial charge on any atom is 0.334 e. The Kier molecular flexibility index (Phi) is 3.51. The van der Waals surface area contributed by atoms with Crippen LogP contribution in [0.4, 0.5) is 0 Å². The van der Waals surface area contributed by atoms with Gasteiger partial charge in [-0.2, -0.15) is 0 Å². The highest BCUT2D eigenvalue weighted by Crippen LogP contribution is 2.27. The van der Waals surface area contributed by atoms with Gasteiger partial charge in [0, 0.05) is 12.0 Å². The van der Waals surface area contributed by atoms with Crippen molar-refractivity contribution in [3.05, 3.63) is 33.9 Å². The summed E-state index contributed by atoms with van der Waals surface area (Å²) in [6.45, 7) is 8.28. The number of hydrogen-bond donors (Lipinski definition) is 0. The number of methoxy groups -OCH3 is 1. The molecule has 0 aliphatic heterocycles. The van der Waals surface area contributed by atoms with Gasteiger partial charge in [0.05, 0.1) is 7.11 Å². The van der Waals surface area contributed by atoms with Gasteiger partial charge in [0.2, 0.25) is 0 Å². The summed E-state index contributed by atoms with van der Waals surface area (Å²) in [6, 6.07) is 0. The highest BCUT2D eigenvalue weighted by atomic mass is 16.5. The van der Waals surface area contributed by atoms with Crippen LogP contribution < -0.4 is 0 Å². The SMILES string of the molecule is COC(=O)C1=CC(C)=C(C)C(C)=C(C)C1. The quantitative estimate of drug-likeness (QED) is 0.616. The fourth-order valence-electron chi connectivity index (χ4n) is 1.72. The summed E-state index contributed by atoms with van der Waals surface area (Å²) in [5, 5.41) is 0. The number of hydrogen-bond acceptors (Lipinski definition) is 2. The van der Waals surface area contributed by atoms with E-state index in [2.05, 4.69) is 20.8 Å². The van der Waals surface area contributed by atoms with Gasteiger partial charge in [-0.3, -0.25) is 0 Å². The summed E-state index contributed by atoms with van der Waals surface area (Å²) in [5.74, 6) is -0.226. The van der Waals surface area contributed by atoms with Crippen LogP contribution in [0.25, 0.3) is 0 Å². The average molecular weight is 206 g/mol. The second-order valence-corrected chi connectivity index (χ2v) is 4.05. The first-order valence-corrected chi connectivity index (χ1v) is 5.10. The molecule has 0 aromatic heterocycles. The van der Waals surface area contributed by atoms with Gasteiger partial charge in [0.25, 0.3) is 0 Å². The summed E-state index contributed by atoms with van der Waals surface area (Å²) in [5.41, 5.74) is 5.66. The van der Waals surface area contributed by atoms with Crippen LogP contribution in [-0.2, 0) is 9.53 Å². The first-order chi connectivity index (χ1) is 6.97. The van der Waals surface area contributed by atoms with Crippen LogP contribution in [0.3, 0.4) is 0 Å². The molecule has 0 spiro atoms. The molecular weight excluding hydrogens is 188 g/mol. The van der Waals surface area contributed by atoms with Crippen LogP contribution in [0.2, 0.25) is 0 Å². The van der Waals surface area contributed by atoms with Crippen LogP contribution in [0, 0.1) is 0 Å². The lowest BCUT2D eigenvalue weighted by Crippen LogP contribution is -2.05. The molecule has 0 radical (unpaired) electrons. The predicted molar refractivity (Wildman–Crippen MR) is 61.5 cm³/mol. The maximum atomic E-state index is 11.5. The Bertz CT molecular complexity index is 381. The average Bonchev–Trinajstić information content (AvgIpc) is 2.31. The number of rotatable bonds is 1. The van der Waals surface area contributed by atoms with Crippen molar-refractivity contribution in [1.29, 1.82) is 0 Å². The van der Waals surface area contributed by atoms with E-state index in [0.29, 0.717) is 6.42 Å². The number of carbonyl (C=O) groups is 1. The summed E-state index contributed by atoms with van der Waals surface area (Å²) < 4.78 is 4.76. The maximum absolute atomic E-state index is 11.5. The number of esters is 1. The summed E-state index contributed by atoms with van der Waals surface area (Å²) in [4.78, 5) is 11.5. The van der Waals surface area contributed by atoms with Crippen molar-refractivity contribution in [2.45, 2.75) is 34.1 Å². The molecule has 0 saturated heterocycles. The second-order valence-electron chi connectivity index (χ2n) is 4.05. The van der Waals surface area contributed by atoms with E-state index < -0.39 is 0 Å². The van der Waals surface area contributed by atoms with Gasteiger partial charge in [-0.1, -0.05) is 5.57 Å². The minimum atomic E-state index is -0.226. The molecule has 0 aromatic carbocycles. The van der Waals surface area contributed by atoms with Crippen molar-refractivity contribution in [1.82, 2.24) is 0 Å². The topological polar surface area (TPSA) is 26.3 Å². The zero-order valence-electron chi connectivity index (χ0n) is 10.1. The smallest absolute Gasteiger partial charge is 0.334 e. The molecule has 2 heteroatoms. The van der Waals surface area contributed by atoms with Gasteiger partial charge in [-0.05, 0) is 50.5 Å². The lowest BCUT2D eigenvalue weighted by atomic mass is 10.0. The van der Waals surface area contributed by atoms with Crippen LogP contribution in [0.1, 0.15) is 34.1 Å². The summed E-state index contributed by atoms with van der Waals surface area (Å²) in [6.07, 6.45) is 2.62. The summed E-state index contributed by atoms with van der Waals surface area (Å²) in [7, 11) is 1.42. The van der Waals surface area contributed by atoms with Gasteiger partial charge in [0.1, 0.15) is 0 Å². The Morgan fingerprint density at radius 2 is 1.80 bits per heavy atom. The molecule has 0 aromatic rings. The van der Waals surface area contributed by atoms with Crippen molar-refractivity contribution < 1.29 is 9.53 Å². The van der Waals surface area contributed by atoms with E-state index in [0.717, 1.165) is 11.1 Å². The van der Waals surface area contributed by atoms with Crippen molar-refractivity contribution in [2.24, 2.45) is 0 Å². The Morgan fingerprint density at radius 3 is 2.33 bits per heavy atom. The second kappa shape index (κ2) is 4.47. The standard InChI is InChI=1S/C13H18O2/c1-8-6-12(13(14)15-5)7-9(2)11(4)10(8)3/h6H,7H2,1-5H3. The van der Waals surface area contributed by atoms with Gasteiger partial charge in [0.15, 0.2) is 0 Å². The van der Waals surface area contributed by atoms with Gasteiger partial charge >= 0.3 is 5.97 Å². The Morgan fingerprint density at radius 1 is 1.20 bits per heavy atom. The molecule has 0 unspecified atom stereocenters. The highest BCUT2D eigenvalue weighted by Gasteiger charge is 2.15. The highest BCUT2D eigenvalue weighted by molar-refractivity contribution is 5.89. The van der Waals surface area contributed by atoms with E-state index in [1.807, 2.05) is 13.0 Å². The first kappa shape index (κ1) is 11.8. The largest absolute Gasteiger partial charge is 0.466 e. The molecule has 1 aliphatic carbocycles. The Balaban J connectivity index is 3.20. The molecule has 0 fully saturated rings. The van der Waals surface area contributed by atoms with Crippen LogP contribution in [-0.4, -0.2) is 13.1 Å². The van der Waals surface area contributed by atoms with Crippen molar-refractivity contribution >= 4 is 5.97 Å². The minimum Gasteiger partial charge on any atom is -0.466 e. The Hall–Kier alpha value is -1.31. The lowest BCUT2D eigenvalue weighted by Gasteiger charge is -2.06. The molecule has 0 atom stereocenters. The van der Waals surface area contributed by atoms with E-state index >= 15 is 0 Å².